The summed E-state index contributed by atoms with van der Waals surface area (Å²) in [5.41, 5.74) is 4.60. The first-order valence-electron chi connectivity index (χ1n) is 14.4. The van der Waals surface area contributed by atoms with E-state index in [-0.39, 0.29) is 17.6 Å². The summed E-state index contributed by atoms with van der Waals surface area (Å²) in [6.45, 7) is 7.52. The number of alkyl carbamates (subject to hydrolysis) is 1. The predicted molar refractivity (Wildman–Crippen MR) is 171 cm³/mol. The van der Waals surface area contributed by atoms with E-state index in [1.807, 2.05) is 12.1 Å². The van der Waals surface area contributed by atoms with Crippen molar-refractivity contribution >= 4 is 47.0 Å². The molecule has 3 N–H and O–H groups in total. The van der Waals surface area contributed by atoms with Crippen molar-refractivity contribution in [2.45, 2.75) is 45.8 Å². The van der Waals surface area contributed by atoms with Gasteiger partial charge in [-0.2, -0.15) is 5.10 Å². The van der Waals surface area contributed by atoms with E-state index in [2.05, 4.69) is 26.0 Å². The summed E-state index contributed by atoms with van der Waals surface area (Å²) in [5.74, 6) is -1.45. The number of amides is 3. The molecule has 0 saturated heterocycles. The topological polar surface area (TPSA) is 144 Å². The molecule has 0 bridgehead atoms. The van der Waals surface area contributed by atoms with Crippen LogP contribution in [-0.2, 0) is 23.1 Å². The minimum absolute atomic E-state index is 0.244. The first-order chi connectivity index (χ1) is 21.4. The Kier molecular flexibility index (Phi) is 8.62. The lowest BCUT2D eigenvalue weighted by atomic mass is 9.97. The SMILES string of the molecule is Cc1cc(C(=O)Nc2cccc(C(=O)c3ccc4c(c3)NC(=O)C4C=Nc3ccc(CNC(=O)OC(C)(C)C)cc3)c2)n(C)n1. The van der Waals surface area contributed by atoms with Crippen molar-refractivity contribution < 1.29 is 23.9 Å². The van der Waals surface area contributed by atoms with E-state index in [4.69, 9.17) is 4.74 Å². The monoisotopic (exact) mass is 606 g/mol. The quantitative estimate of drug-likeness (QED) is 0.174. The second kappa shape index (κ2) is 12.6. The molecule has 3 amide bonds. The number of ketones is 1. The molecule has 0 spiro atoms. The van der Waals surface area contributed by atoms with Gasteiger partial charge in [0.25, 0.3) is 5.91 Å². The highest BCUT2D eigenvalue weighted by atomic mass is 16.6. The molecule has 0 fully saturated rings. The van der Waals surface area contributed by atoms with E-state index in [9.17, 15) is 19.2 Å². The lowest BCUT2D eigenvalue weighted by Gasteiger charge is -2.19. The number of nitrogens with zero attached hydrogens (tertiary/aromatic N) is 3. The zero-order valence-electron chi connectivity index (χ0n) is 25.7. The highest BCUT2D eigenvalue weighted by molar-refractivity contribution is 6.15. The standard InChI is InChI=1S/C34H34N6O5/c1-20-15-29(40(5)39-20)32(43)37-25-8-6-7-22(16-25)30(41)23-11-14-26-27(31(42)38-28(26)17-23)19-35-24-12-9-21(10-13-24)18-36-33(44)45-34(2,3)4/h6-17,19,27H,18H2,1-5H3,(H,36,44)(H,37,43)(H,38,42). The van der Waals surface area contributed by atoms with Gasteiger partial charge in [-0.05, 0) is 75.2 Å². The lowest BCUT2D eigenvalue weighted by Crippen LogP contribution is -2.32. The first kappa shape index (κ1) is 30.9. The van der Waals surface area contributed by atoms with Gasteiger partial charge in [0.2, 0.25) is 5.91 Å². The van der Waals surface area contributed by atoms with Crippen molar-refractivity contribution in [2.24, 2.45) is 12.0 Å². The van der Waals surface area contributed by atoms with Gasteiger partial charge in [0.15, 0.2) is 5.78 Å². The summed E-state index contributed by atoms with van der Waals surface area (Å²) in [5, 5.41) is 12.6. The third kappa shape index (κ3) is 7.50. The second-order valence-corrected chi connectivity index (χ2v) is 11.7. The summed E-state index contributed by atoms with van der Waals surface area (Å²) in [6, 6.07) is 20.7. The zero-order valence-corrected chi connectivity index (χ0v) is 25.7. The van der Waals surface area contributed by atoms with Crippen LogP contribution in [0.1, 0.15) is 69.9 Å². The Morgan fingerprint density at radius 2 is 1.76 bits per heavy atom. The Hall–Kier alpha value is -5.58. The van der Waals surface area contributed by atoms with Crippen LogP contribution >= 0.6 is 0 Å². The van der Waals surface area contributed by atoms with Gasteiger partial charge >= 0.3 is 6.09 Å². The largest absolute Gasteiger partial charge is 0.444 e. The predicted octanol–water partition coefficient (Wildman–Crippen LogP) is 5.67. The Labute approximate surface area is 260 Å². The summed E-state index contributed by atoms with van der Waals surface area (Å²) >= 11 is 0. The van der Waals surface area contributed by atoms with E-state index in [0.29, 0.717) is 46.0 Å². The van der Waals surface area contributed by atoms with Crippen LogP contribution in [0.5, 0.6) is 0 Å². The molecule has 11 heteroatoms. The van der Waals surface area contributed by atoms with Crippen LogP contribution in [0.3, 0.4) is 0 Å². The zero-order chi connectivity index (χ0) is 32.3. The van der Waals surface area contributed by atoms with E-state index in [1.165, 1.54) is 4.68 Å². The first-order valence-corrected chi connectivity index (χ1v) is 14.4. The fourth-order valence-electron chi connectivity index (χ4n) is 4.85. The van der Waals surface area contributed by atoms with Gasteiger partial charge in [-0.25, -0.2) is 4.79 Å². The van der Waals surface area contributed by atoms with Crippen molar-refractivity contribution in [3.63, 3.8) is 0 Å². The van der Waals surface area contributed by atoms with Gasteiger partial charge in [-0.1, -0.05) is 36.4 Å². The van der Waals surface area contributed by atoms with Crippen molar-refractivity contribution in [2.75, 3.05) is 10.6 Å². The lowest BCUT2D eigenvalue weighted by molar-refractivity contribution is -0.115. The molecule has 4 aromatic rings. The number of benzene rings is 3. The molecule has 0 aliphatic carbocycles. The van der Waals surface area contributed by atoms with E-state index >= 15 is 0 Å². The number of carbonyl (C=O) groups is 4. The van der Waals surface area contributed by atoms with E-state index in [0.717, 1.165) is 11.3 Å². The summed E-state index contributed by atoms with van der Waals surface area (Å²) in [7, 11) is 1.69. The number of rotatable bonds is 8. The van der Waals surface area contributed by atoms with Crippen LogP contribution in [-0.4, -0.2) is 45.3 Å². The molecule has 0 radical (unpaired) electrons. The number of aliphatic imine (C=N–C) groups is 1. The Morgan fingerprint density at radius 1 is 1.02 bits per heavy atom. The van der Waals surface area contributed by atoms with Crippen molar-refractivity contribution in [1.82, 2.24) is 15.1 Å². The fraction of sp³-hybridized carbons (Fsp3) is 0.235. The van der Waals surface area contributed by atoms with Crippen LogP contribution < -0.4 is 16.0 Å². The number of aromatic nitrogens is 2. The van der Waals surface area contributed by atoms with Crippen LogP contribution in [0.15, 0.2) is 77.8 Å². The molecule has 3 aromatic carbocycles. The third-order valence-corrected chi connectivity index (χ3v) is 6.95. The van der Waals surface area contributed by atoms with Crippen molar-refractivity contribution in [1.29, 1.82) is 0 Å². The molecule has 1 aliphatic heterocycles. The number of nitrogens with one attached hydrogen (secondary N) is 3. The van der Waals surface area contributed by atoms with Gasteiger partial charge in [-0.3, -0.25) is 24.1 Å². The average molecular weight is 607 g/mol. The molecule has 1 aliphatic rings. The minimum Gasteiger partial charge on any atom is -0.444 e. The molecule has 5 rings (SSSR count). The number of carbonyl (C=O) groups excluding carboxylic acids is 4. The van der Waals surface area contributed by atoms with E-state index < -0.39 is 17.6 Å². The average Bonchev–Trinajstić information content (AvgIpc) is 3.50. The normalized spacial score (nSPS) is 14.2. The Bertz CT molecular complexity index is 1820. The van der Waals surface area contributed by atoms with Crippen LogP contribution in [0.25, 0.3) is 0 Å². The number of anilines is 2. The van der Waals surface area contributed by atoms with Gasteiger partial charge in [-0.15, -0.1) is 0 Å². The molecule has 230 valence electrons. The highest BCUT2D eigenvalue weighted by Crippen LogP contribution is 2.33. The maximum atomic E-state index is 13.4. The van der Waals surface area contributed by atoms with Crippen LogP contribution in [0.4, 0.5) is 21.9 Å². The molecule has 0 saturated carbocycles. The Balaban J connectivity index is 1.23. The number of fused-ring (bicyclic) bond motifs is 1. The molecule has 11 nitrogen and oxygen atoms in total. The highest BCUT2D eigenvalue weighted by Gasteiger charge is 2.30. The smallest absolute Gasteiger partial charge is 0.407 e. The van der Waals surface area contributed by atoms with E-state index in [1.54, 1.807) is 102 Å². The van der Waals surface area contributed by atoms with Crippen molar-refractivity contribution in [3.8, 4) is 0 Å². The Morgan fingerprint density at radius 3 is 2.44 bits per heavy atom. The van der Waals surface area contributed by atoms with Gasteiger partial charge in [0.05, 0.1) is 11.4 Å². The summed E-state index contributed by atoms with van der Waals surface area (Å²) in [6.07, 6.45) is 1.08. The van der Waals surface area contributed by atoms with Crippen LogP contribution in [0.2, 0.25) is 0 Å². The molecule has 1 aromatic heterocycles. The van der Waals surface area contributed by atoms with Gasteiger partial charge in [0.1, 0.15) is 17.2 Å². The molecule has 2 heterocycles. The summed E-state index contributed by atoms with van der Waals surface area (Å²) in [4.78, 5) is 55.2. The maximum absolute atomic E-state index is 13.4. The molecule has 1 atom stereocenters. The third-order valence-electron chi connectivity index (χ3n) is 6.95. The molecule has 1 unspecified atom stereocenters. The fourth-order valence-corrected chi connectivity index (χ4v) is 4.85. The summed E-state index contributed by atoms with van der Waals surface area (Å²) < 4.78 is 6.75. The van der Waals surface area contributed by atoms with Gasteiger partial charge in [0, 0.05) is 42.3 Å². The minimum atomic E-state index is -0.619. The maximum Gasteiger partial charge on any atom is 0.407 e. The number of hydrogen-bond donors (Lipinski definition) is 3. The van der Waals surface area contributed by atoms with Crippen molar-refractivity contribution in [3.05, 3.63) is 106 Å². The van der Waals surface area contributed by atoms with Crippen LogP contribution in [0, 0.1) is 6.92 Å². The molecular weight excluding hydrogens is 572 g/mol. The number of ether oxygens (including phenoxy) is 1. The second-order valence-electron chi connectivity index (χ2n) is 11.7. The number of aryl methyl sites for hydroxylation is 2. The molecule has 45 heavy (non-hydrogen) atoms. The molecular formula is C34H34N6O5. The number of hydrogen-bond acceptors (Lipinski definition) is 7. The van der Waals surface area contributed by atoms with Gasteiger partial charge < -0.3 is 20.7 Å².